The molecule has 2 heterocycles. The molecule has 30 heavy (non-hydrogen) atoms. The van der Waals surface area contributed by atoms with Gasteiger partial charge in [0.25, 0.3) is 0 Å². The van der Waals surface area contributed by atoms with Crippen molar-refractivity contribution >= 4 is 29.9 Å². The summed E-state index contributed by atoms with van der Waals surface area (Å²) in [5.74, 6) is 0.926. The molecule has 2 aliphatic heterocycles. The lowest BCUT2D eigenvalue weighted by Crippen LogP contribution is -2.58. The zero-order chi connectivity index (χ0) is 20.7. The Labute approximate surface area is 199 Å². The normalized spacial score (nSPS) is 20.6. The van der Waals surface area contributed by atoms with Gasteiger partial charge in [-0.15, -0.1) is 24.0 Å². The smallest absolute Gasteiger partial charge is 0.191 e. The molecule has 2 saturated heterocycles. The molecular weight excluding hydrogens is 489 g/mol. The minimum atomic E-state index is 0. The first-order valence-electron chi connectivity index (χ1n) is 11.0. The fourth-order valence-electron chi connectivity index (χ4n) is 4.47. The highest BCUT2D eigenvalue weighted by atomic mass is 127. The number of benzene rings is 1. The largest absolute Gasteiger partial charge is 0.381 e. The molecule has 2 aliphatic rings. The third-order valence-corrected chi connectivity index (χ3v) is 6.60. The van der Waals surface area contributed by atoms with E-state index >= 15 is 0 Å². The van der Waals surface area contributed by atoms with Gasteiger partial charge in [0, 0.05) is 58.0 Å². The van der Waals surface area contributed by atoms with Crippen molar-refractivity contribution in [2.75, 3.05) is 54.0 Å². The molecule has 170 valence electrons. The number of likely N-dealkylation sites (tertiary alicyclic amines) is 1. The lowest BCUT2D eigenvalue weighted by Gasteiger charge is -2.43. The van der Waals surface area contributed by atoms with Crippen molar-refractivity contribution in [1.82, 2.24) is 20.4 Å². The van der Waals surface area contributed by atoms with Crippen LogP contribution in [0.4, 0.5) is 0 Å². The lowest BCUT2D eigenvalue weighted by atomic mass is 9.88. The molecule has 0 saturated carbocycles. The van der Waals surface area contributed by atoms with Gasteiger partial charge in [-0.05, 0) is 52.3 Å². The van der Waals surface area contributed by atoms with Crippen molar-refractivity contribution in [3.8, 4) is 0 Å². The fraction of sp³-hybridized carbons (Fsp3) is 0.696. The van der Waals surface area contributed by atoms with Crippen LogP contribution >= 0.6 is 24.0 Å². The maximum Gasteiger partial charge on any atom is 0.191 e. The first-order chi connectivity index (χ1) is 14.0. The third-order valence-electron chi connectivity index (χ3n) is 6.60. The van der Waals surface area contributed by atoms with Crippen LogP contribution in [0, 0.1) is 6.92 Å². The molecule has 1 aromatic carbocycles. The highest BCUT2D eigenvalue weighted by Gasteiger charge is 2.35. The van der Waals surface area contributed by atoms with Crippen LogP contribution in [0.3, 0.4) is 0 Å². The topological polar surface area (TPSA) is 52.1 Å². The summed E-state index contributed by atoms with van der Waals surface area (Å²) in [4.78, 5) is 9.39. The van der Waals surface area contributed by atoms with Crippen LogP contribution in [-0.2, 0) is 11.3 Å². The van der Waals surface area contributed by atoms with E-state index in [1.54, 1.807) is 0 Å². The van der Waals surface area contributed by atoms with Crippen LogP contribution in [-0.4, -0.2) is 81.3 Å². The van der Waals surface area contributed by atoms with Crippen LogP contribution in [0.2, 0.25) is 0 Å². The zero-order valence-electron chi connectivity index (χ0n) is 19.1. The van der Waals surface area contributed by atoms with E-state index in [2.05, 4.69) is 70.7 Å². The minimum Gasteiger partial charge on any atom is -0.381 e. The maximum atomic E-state index is 5.58. The summed E-state index contributed by atoms with van der Waals surface area (Å²) in [6.07, 6.45) is 4.42. The summed E-state index contributed by atoms with van der Waals surface area (Å²) < 4.78 is 5.58. The van der Waals surface area contributed by atoms with Gasteiger partial charge in [-0.25, -0.2) is 0 Å². The Balaban J connectivity index is 0.00000320. The molecule has 6 nitrogen and oxygen atoms in total. The van der Waals surface area contributed by atoms with E-state index in [0.29, 0.717) is 6.04 Å². The first kappa shape index (κ1) is 25.4. The molecule has 0 radical (unpaired) electrons. The molecular formula is C23H40IN5O. The molecule has 0 atom stereocenters. The predicted octanol–water partition coefficient (Wildman–Crippen LogP) is 2.85. The zero-order valence-corrected chi connectivity index (χ0v) is 21.4. The van der Waals surface area contributed by atoms with Crippen molar-refractivity contribution in [2.24, 2.45) is 4.99 Å². The number of likely N-dealkylation sites (N-methyl/N-ethyl adjacent to an activating group) is 1. The van der Waals surface area contributed by atoms with Gasteiger partial charge in [0.1, 0.15) is 0 Å². The van der Waals surface area contributed by atoms with Crippen molar-refractivity contribution < 1.29 is 4.74 Å². The van der Waals surface area contributed by atoms with Crippen molar-refractivity contribution in [2.45, 2.75) is 50.7 Å². The number of ether oxygens (including phenoxy) is 1. The molecule has 3 rings (SSSR count). The molecule has 0 amide bonds. The molecule has 0 spiro atoms. The van der Waals surface area contributed by atoms with Gasteiger partial charge in [-0.2, -0.15) is 0 Å². The molecule has 2 fully saturated rings. The number of halogens is 1. The predicted molar refractivity (Wildman–Crippen MR) is 136 cm³/mol. The summed E-state index contributed by atoms with van der Waals surface area (Å²) >= 11 is 0. The summed E-state index contributed by atoms with van der Waals surface area (Å²) in [7, 11) is 6.22. The Morgan fingerprint density at radius 1 is 1.23 bits per heavy atom. The number of aliphatic imine (C=N–C) groups is 1. The Hall–Kier alpha value is -0.900. The van der Waals surface area contributed by atoms with E-state index < -0.39 is 0 Å². The van der Waals surface area contributed by atoms with Gasteiger partial charge in [-0.3, -0.25) is 9.89 Å². The van der Waals surface area contributed by atoms with E-state index in [0.717, 1.165) is 71.0 Å². The van der Waals surface area contributed by atoms with E-state index in [-0.39, 0.29) is 29.5 Å². The van der Waals surface area contributed by atoms with Gasteiger partial charge < -0.3 is 20.3 Å². The second kappa shape index (κ2) is 12.2. The quantitative estimate of drug-likeness (QED) is 0.337. The second-order valence-electron chi connectivity index (χ2n) is 8.84. The molecule has 2 N–H and O–H groups in total. The third kappa shape index (κ3) is 7.07. The highest BCUT2D eigenvalue weighted by molar-refractivity contribution is 14.0. The van der Waals surface area contributed by atoms with Crippen LogP contribution < -0.4 is 10.6 Å². The van der Waals surface area contributed by atoms with Gasteiger partial charge >= 0.3 is 0 Å². The van der Waals surface area contributed by atoms with Gasteiger partial charge in [0.05, 0.1) is 0 Å². The Morgan fingerprint density at radius 3 is 2.53 bits per heavy atom. The highest BCUT2D eigenvalue weighted by Crippen LogP contribution is 2.25. The number of piperidine rings is 1. The number of hydrogen-bond donors (Lipinski definition) is 2. The van der Waals surface area contributed by atoms with Gasteiger partial charge in [0.15, 0.2) is 5.96 Å². The number of rotatable bonds is 6. The Bertz CT molecular complexity index is 667. The van der Waals surface area contributed by atoms with Crippen LogP contribution in [0.5, 0.6) is 0 Å². The summed E-state index contributed by atoms with van der Waals surface area (Å²) in [5, 5.41) is 7.25. The monoisotopic (exact) mass is 529 g/mol. The molecule has 0 bridgehead atoms. The molecule has 1 aromatic rings. The van der Waals surface area contributed by atoms with Crippen LogP contribution in [0.15, 0.2) is 29.3 Å². The van der Waals surface area contributed by atoms with E-state index in [9.17, 15) is 0 Å². The summed E-state index contributed by atoms with van der Waals surface area (Å²) in [5.41, 5.74) is 2.90. The fourth-order valence-corrected chi connectivity index (χ4v) is 4.47. The lowest BCUT2D eigenvalue weighted by molar-refractivity contribution is -0.00504. The van der Waals surface area contributed by atoms with Crippen molar-refractivity contribution in [3.05, 3.63) is 35.4 Å². The minimum absolute atomic E-state index is 0. The average Bonchev–Trinajstić information content (AvgIpc) is 2.73. The van der Waals surface area contributed by atoms with Gasteiger partial charge in [-0.1, -0.05) is 29.8 Å². The standard InChI is InChI=1S/C23H39N5O.HI/c1-19-6-5-7-20(16-19)17-28-12-8-21(9-13-28)26-22(24-2)25-18-23(27(3)4)10-14-29-15-11-23;/h5-7,16,21H,8-15,17-18H2,1-4H3,(H2,24,25,26);1H. The SMILES string of the molecule is CN=C(NCC1(N(C)C)CCOCC1)NC1CCN(Cc2cccc(C)c2)CC1.I. The van der Waals surface area contributed by atoms with E-state index in [1.807, 2.05) is 7.05 Å². The molecule has 0 aliphatic carbocycles. The number of nitrogens with zero attached hydrogens (tertiary/aromatic N) is 3. The molecule has 7 heteroatoms. The van der Waals surface area contributed by atoms with Gasteiger partial charge in [0.2, 0.25) is 0 Å². The summed E-state index contributed by atoms with van der Waals surface area (Å²) in [6, 6.07) is 9.35. The van der Waals surface area contributed by atoms with Crippen molar-refractivity contribution in [1.29, 1.82) is 0 Å². The molecule has 0 aromatic heterocycles. The number of nitrogens with one attached hydrogen (secondary N) is 2. The molecule has 0 unspecified atom stereocenters. The first-order valence-corrected chi connectivity index (χ1v) is 11.0. The van der Waals surface area contributed by atoms with Crippen LogP contribution in [0.1, 0.15) is 36.8 Å². The maximum absolute atomic E-state index is 5.58. The average molecular weight is 530 g/mol. The Kier molecular flexibility index (Phi) is 10.3. The number of hydrogen-bond acceptors (Lipinski definition) is 4. The Morgan fingerprint density at radius 2 is 1.93 bits per heavy atom. The van der Waals surface area contributed by atoms with Crippen LogP contribution in [0.25, 0.3) is 0 Å². The summed E-state index contributed by atoms with van der Waals surface area (Å²) in [6.45, 7) is 8.04. The van der Waals surface area contributed by atoms with E-state index in [1.165, 1.54) is 11.1 Å². The number of guanidine groups is 1. The van der Waals surface area contributed by atoms with E-state index in [4.69, 9.17) is 4.74 Å². The second-order valence-corrected chi connectivity index (χ2v) is 8.84. The number of aryl methyl sites for hydroxylation is 1. The van der Waals surface area contributed by atoms with Crippen molar-refractivity contribution in [3.63, 3.8) is 0 Å².